The first-order valence-corrected chi connectivity index (χ1v) is 8.97. The van der Waals surface area contributed by atoms with Crippen LogP contribution in [-0.4, -0.2) is 30.3 Å². The second-order valence-electron chi connectivity index (χ2n) is 6.05. The van der Waals surface area contributed by atoms with Crippen LogP contribution in [-0.2, 0) is 16.0 Å². The van der Waals surface area contributed by atoms with Crippen molar-refractivity contribution in [1.29, 1.82) is 0 Å². The molecule has 0 aliphatic rings. The third kappa shape index (κ3) is 5.49. The second kappa shape index (κ2) is 8.64. The van der Waals surface area contributed by atoms with Gasteiger partial charge >= 0.3 is 0 Å². The molecule has 0 atom stereocenters. The summed E-state index contributed by atoms with van der Waals surface area (Å²) in [5, 5.41) is 4.93. The Hall–Kier alpha value is -2.14. The third-order valence-electron chi connectivity index (χ3n) is 3.87. The van der Waals surface area contributed by atoms with Crippen molar-refractivity contribution in [2.45, 2.75) is 33.1 Å². The van der Waals surface area contributed by atoms with Crippen LogP contribution >= 0.6 is 11.3 Å². The first kappa shape index (κ1) is 18.2. The summed E-state index contributed by atoms with van der Waals surface area (Å²) in [4.78, 5) is 27.1. The molecule has 1 N–H and O–H groups in total. The monoisotopic (exact) mass is 344 g/mol. The fourth-order valence-corrected chi connectivity index (χ4v) is 3.17. The highest BCUT2D eigenvalue weighted by Gasteiger charge is 2.13. The minimum Gasteiger partial charge on any atom is -0.336 e. The van der Waals surface area contributed by atoms with E-state index in [0.717, 1.165) is 29.7 Å². The molecule has 0 spiro atoms. The molecule has 0 fully saturated rings. The van der Waals surface area contributed by atoms with Gasteiger partial charge in [-0.1, -0.05) is 18.2 Å². The minimum absolute atomic E-state index is 0.00247. The minimum atomic E-state index is -0.169. The quantitative estimate of drug-likeness (QED) is 0.831. The standard InChI is InChI=1S/C19H24N2O2S/c1-14-9-10-15(2)17(12-14)20-18(22)13-21(3)19(23)8-4-6-16-7-5-11-24-16/h5,7,9-12H,4,6,8,13H2,1-3H3,(H,20,22). The van der Waals surface area contributed by atoms with Gasteiger partial charge in [0.05, 0.1) is 6.54 Å². The lowest BCUT2D eigenvalue weighted by Crippen LogP contribution is -2.35. The molecular weight excluding hydrogens is 320 g/mol. The van der Waals surface area contributed by atoms with Crippen molar-refractivity contribution >= 4 is 28.8 Å². The van der Waals surface area contributed by atoms with Crippen molar-refractivity contribution in [3.8, 4) is 0 Å². The molecule has 0 aliphatic heterocycles. The molecule has 128 valence electrons. The van der Waals surface area contributed by atoms with Crippen molar-refractivity contribution in [2.75, 3.05) is 18.9 Å². The number of thiophene rings is 1. The summed E-state index contributed by atoms with van der Waals surface area (Å²) in [5.74, 6) is -0.166. The highest BCUT2D eigenvalue weighted by Crippen LogP contribution is 2.16. The van der Waals surface area contributed by atoms with Crippen molar-refractivity contribution in [2.24, 2.45) is 0 Å². The van der Waals surface area contributed by atoms with Crippen LogP contribution in [0.2, 0.25) is 0 Å². The first-order valence-electron chi connectivity index (χ1n) is 8.09. The van der Waals surface area contributed by atoms with Gasteiger partial charge in [0.15, 0.2) is 0 Å². The maximum atomic E-state index is 12.1. The molecule has 1 aromatic heterocycles. The number of likely N-dealkylation sites (N-methyl/N-ethyl adjacent to an activating group) is 1. The van der Waals surface area contributed by atoms with E-state index in [1.165, 1.54) is 9.78 Å². The summed E-state index contributed by atoms with van der Waals surface area (Å²) in [6.07, 6.45) is 2.18. The maximum absolute atomic E-state index is 12.1. The fraction of sp³-hybridized carbons (Fsp3) is 0.368. The summed E-state index contributed by atoms with van der Waals surface area (Å²) in [7, 11) is 1.68. The van der Waals surface area contributed by atoms with Crippen LogP contribution in [0.3, 0.4) is 0 Å². The molecule has 0 saturated heterocycles. The summed E-state index contributed by atoms with van der Waals surface area (Å²) in [6.45, 7) is 4.01. The number of nitrogens with zero attached hydrogens (tertiary/aromatic N) is 1. The van der Waals surface area contributed by atoms with Gasteiger partial charge in [0.1, 0.15) is 0 Å². The number of nitrogens with one attached hydrogen (secondary N) is 1. The molecule has 4 nitrogen and oxygen atoms in total. The van der Waals surface area contributed by atoms with Gasteiger partial charge in [-0.15, -0.1) is 11.3 Å². The number of hydrogen-bond donors (Lipinski definition) is 1. The van der Waals surface area contributed by atoms with Crippen LogP contribution in [0.25, 0.3) is 0 Å². The molecular formula is C19H24N2O2S. The number of hydrogen-bond acceptors (Lipinski definition) is 3. The second-order valence-corrected chi connectivity index (χ2v) is 7.08. The zero-order valence-corrected chi connectivity index (χ0v) is 15.3. The van der Waals surface area contributed by atoms with E-state index >= 15 is 0 Å². The molecule has 0 radical (unpaired) electrons. The van der Waals surface area contributed by atoms with Crippen LogP contribution < -0.4 is 5.32 Å². The van der Waals surface area contributed by atoms with E-state index in [1.54, 1.807) is 18.4 Å². The lowest BCUT2D eigenvalue weighted by molar-refractivity contribution is -0.133. The van der Waals surface area contributed by atoms with Crippen LogP contribution in [0, 0.1) is 13.8 Å². The molecule has 1 heterocycles. The van der Waals surface area contributed by atoms with Gasteiger partial charge in [0.25, 0.3) is 0 Å². The predicted molar refractivity (Wildman–Crippen MR) is 99.4 cm³/mol. The largest absolute Gasteiger partial charge is 0.336 e. The molecule has 0 bridgehead atoms. The lowest BCUT2D eigenvalue weighted by Gasteiger charge is -2.17. The normalized spacial score (nSPS) is 10.5. The molecule has 5 heteroatoms. The zero-order valence-electron chi connectivity index (χ0n) is 14.5. The highest BCUT2D eigenvalue weighted by molar-refractivity contribution is 7.09. The van der Waals surface area contributed by atoms with E-state index < -0.39 is 0 Å². The summed E-state index contributed by atoms with van der Waals surface area (Å²) < 4.78 is 0. The Morgan fingerprint density at radius 2 is 2.00 bits per heavy atom. The Morgan fingerprint density at radius 3 is 2.71 bits per heavy atom. The number of carbonyl (C=O) groups is 2. The van der Waals surface area contributed by atoms with Crippen molar-refractivity contribution in [1.82, 2.24) is 4.90 Å². The highest BCUT2D eigenvalue weighted by atomic mass is 32.1. The molecule has 2 aromatic rings. The summed E-state index contributed by atoms with van der Waals surface area (Å²) >= 11 is 1.71. The van der Waals surface area contributed by atoms with E-state index in [-0.39, 0.29) is 18.4 Å². The Kier molecular flexibility index (Phi) is 6.55. The fourth-order valence-electron chi connectivity index (χ4n) is 2.42. The van der Waals surface area contributed by atoms with Gasteiger partial charge in [-0.2, -0.15) is 0 Å². The zero-order chi connectivity index (χ0) is 17.5. The maximum Gasteiger partial charge on any atom is 0.243 e. The van der Waals surface area contributed by atoms with Gasteiger partial charge in [-0.3, -0.25) is 9.59 Å². The average Bonchev–Trinajstić information content (AvgIpc) is 3.04. The van der Waals surface area contributed by atoms with E-state index in [9.17, 15) is 9.59 Å². The smallest absolute Gasteiger partial charge is 0.243 e. The molecule has 0 saturated carbocycles. The Morgan fingerprint density at radius 1 is 1.21 bits per heavy atom. The van der Waals surface area contributed by atoms with E-state index in [0.29, 0.717) is 6.42 Å². The topological polar surface area (TPSA) is 49.4 Å². The van der Waals surface area contributed by atoms with Gasteiger partial charge in [0, 0.05) is 24.0 Å². The Balaban J connectivity index is 1.77. The molecule has 2 rings (SSSR count). The van der Waals surface area contributed by atoms with Gasteiger partial charge in [-0.05, 0) is 55.3 Å². The molecule has 2 amide bonds. The number of benzene rings is 1. The average molecular weight is 344 g/mol. The van der Waals surface area contributed by atoms with Crippen molar-refractivity contribution in [3.05, 3.63) is 51.7 Å². The number of anilines is 1. The SMILES string of the molecule is Cc1ccc(C)c(NC(=O)CN(C)C(=O)CCCc2cccs2)c1. The number of aryl methyl sites for hydroxylation is 3. The van der Waals surface area contributed by atoms with Gasteiger partial charge < -0.3 is 10.2 Å². The predicted octanol–water partition coefficient (Wildman–Crippen LogP) is 3.78. The van der Waals surface area contributed by atoms with Crippen molar-refractivity contribution < 1.29 is 9.59 Å². The summed E-state index contributed by atoms with van der Waals surface area (Å²) in [5.41, 5.74) is 2.91. The Labute approximate surface area is 147 Å². The molecule has 1 aromatic carbocycles. The lowest BCUT2D eigenvalue weighted by atomic mass is 10.1. The van der Waals surface area contributed by atoms with Crippen LogP contribution in [0.15, 0.2) is 35.7 Å². The van der Waals surface area contributed by atoms with Crippen LogP contribution in [0.5, 0.6) is 0 Å². The van der Waals surface area contributed by atoms with Gasteiger partial charge in [0.2, 0.25) is 11.8 Å². The number of rotatable bonds is 7. The Bertz CT molecular complexity index is 695. The first-order chi connectivity index (χ1) is 11.5. The number of amides is 2. The van der Waals surface area contributed by atoms with Crippen LogP contribution in [0.4, 0.5) is 5.69 Å². The molecule has 0 aliphatic carbocycles. The number of carbonyl (C=O) groups excluding carboxylic acids is 2. The summed E-state index contributed by atoms with van der Waals surface area (Å²) in [6, 6.07) is 10.0. The van der Waals surface area contributed by atoms with Crippen molar-refractivity contribution in [3.63, 3.8) is 0 Å². The molecule has 24 heavy (non-hydrogen) atoms. The molecule has 0 unspecified atom stereocenters. The van der Waals surface area contributed by atoms with Crippen LogP contribution in [0.1, 0.15) is 28.8 Å². The van der Waals surface area contributed by atoms with E-state index in [1.807, 2.05) is 43.5 Å². The van der Waals surface area contributed by atoms with Gasteiger partial charge in [-0.25, -0.2) is 0 Å². The van der Waals surface area contributed by atoms with E-state index in [4.69, 9.17) is 0 Å². The third-order valence-corrected chi connectivity index (χ3v) is 4.80. The van der Waals surface area contributed by atoms with E-state index in [2.05, 4.69) is 11.4 Å².